The van der Waals surface area contributed by atoms with Crippen LogP contribution in [0.1, 0.15) is 25.6 Å². The third-order valence-corrected chi connectivity index (χ3v) is 3.19. The number of hydrogen-bond acceptors (Lipinski definition) is 5. The van der Waals surface area contributed by atoms with Gasteiger partial charge in [-0.3, -0.25) is 4.90 Å². The van der Waals surface area contributed by atoms with E-state index in [9.17, 15) is 0 Å². The van der Waals surface area contributed by atoms with Gasteiger partial charge >= 0.3 is 0 Å². The van der Waals surface area contributed by atoms with Gasteiger partial charge in [0.25, 0.3) is 0 Å². The summed E-state index contributed by atoms with van der Waals surface area (Å²) in [6.45, 7) is 6.74. The number of tetrazole rings is 1. The van der Waals surface area contributed by atoms with E-state index in [1.165, 1.54) is 12.8 Å². The maximum Gasteiger partial charge on any atom is 0.165 e. The highest BCUT2D eigenvalue weighted by atomic mass is 15.5. The molecule has 1 aromatic rings. The van der Waals surface area contributed by atoms with E-state index in [1.807, 2.05) is 0 Å². The van der Waals surface area contributed by atoms with E-state index in [2.05, 4.69) is 27.3 Å². The molecule has 16 heavy (non-hydrogen) atoms. The number of rotatable bonds is 4. The van der Waals surface area contributed by atoms with Crippen molar-refractivity contribution in [2.75, 3.05) is 19.6 Å². The van der Waals surface area contributed by atoms with E-state index >= 15 is 0 Å². The van der Waals surface area contributed by atoms with Crippen LogP contribution in [0, 0.1) is 5.92 Å². The zero-order chi connectivity index (χ0) is 11.4. The number of nitrogens with zero attached hydrogens (tertiary/aromatic N) is 5. The first-order chi connectivity index (χ1) is 7.79. The lowest BCUT2D eigenvalue weighted by atomic mass is 9.99. The van der Waals surface area contributed by atoms with Crippen LogP contribution in [0.4, 0.5) is 0 Å². The average Bonchev–Trinajstić information content (AvgIpc) is 2.70. The highest BCUT2D eigenvalue weighted by Gasteiger charge is 2.17. The van der Waals surface area contributed by atoms with Crippen molar-refractivity contribution in [1.29, 1.82) is 0 Å². The summed E-state index contributed by atoms with van der Waals surface area (Å²) in [5.41, 5.74) is 5.51. The summed E-state index contributed by atoms with van der Waals surface area (Å²) in [6, 6.07) is 0. The molecule has 0 aliphatic carbocycles. The molecule has 2 rings (SSSR count). The average molecular weight is 224 g/mol. The molecule has 6 heteroatoms. The van der Waals surface area contributed by atoms with Crippen molar-refractivity contribution in [1.82, 2.24) is 25.1 Å². The lowest BCUT2D eigenvalue weighted by Gasteiger charge is -2.29. The number of hydrogen-bond donors (Lipinski definition) is 1. The predicted molar refractivity (Wildman–Crippen MR) is 60.5 cm³/mol. The molecule has 0 amide bonds. The minimum absolute atomic E-state index is 0.578. The molecule has 0 saturated carbocycles. The quantitative estimate of drug-likeness (QED) is 0.771. The minimum Gasteiger partial charge on any atom is -0.329 e. The number of aromatic nitrogens is 4. The molecule has 1 fully saturated rings. The fourth-order valence-corrected chi connectivity index (χ4v) is 2.05. The fourth-order valence-electron chi connectivity index (χ4n) is 2.05. The van der Waals surface area contributed by atoms with Crippen molar-refractivity contribution in [3.05, 3.63) is 5.82 Å². The SMILES string of the molecule is CC1CCN(Cc2nnnn2CCN)CC1. The molecule has 0 unspecified atom stereocenters. The van der Waals surface area contributed by atoms with E-state index in [1.54, 1.807) is 4.68 Å². The van der Waals surface area contributed by atoms with Crippen LogP contribution in [0.3, 0.4) is 0 Å². The van der Waals surface area contributed by atoms with Gasteiger partial charge in [0.1, 0.15) is 0 Å². The van der Waals surface area contributed by atoms with Crippen LogP contribution >= 0.6 is 0 Å². The van der Waals surface area contributed by atoms with Crippen LogP contribution in [0.25, 0.3) is 0 Å². The molecular weight excluding hydrogens is 204 g/mol. The van der Waals surface area contributed by atoms with Crippen LogP contribution in [-0.2, 0) is 13.1 Å². The Morgan fingerprint density at radius 1 is 1.38 bits per heavy atom. The fraction of sp³-hybridized carbons (Fsp3) is 0.900. The van der Waals surface area contributed by atoms with Gasteiger partial charge in [0.2, 0.25) is 0 Å². The van der Waals surface area contributed by atoms with E-state index < -0.39 is 0 Å². The third kappa shape index (κ3) is 2.76. The van der Waals surface area contributed by atoms with Gasteiger partial charge in [-0.05, 0) is 42.3 Å². The molecule has 90 valence electrons. The Balaban J connectivity index is 1.90. The Labute approximate surface area is 95.8 Å². The lowest BCUT2D eigenvalue weighted by molar-refractivity contribution is 0.178. The Kier molecular flexibility index (Phi) is 3.84. The largest absolute Gasteiger partial charge is 0.329 e. The van der Waals surface area contributed by atoms with E-state index in [0.29, 0.717) is 13.1 Å². The second kappa shape index (κ2) is 5.36. The molecule has 0 atom stereocenters. The van der Waals surface area contributed by atoms with E-state index in [-0.39, 0.29) is 0 Å². The summed E-state index contributed by atoms with van der Waals surface area (Å²) in [5.74, 6) is 1.79. The second-order valence-electron chi connectivity index (χ2n) is 4.57. The molecular formula is C10H20N6. The van der Waals surface area contributed by atoms with E-state index in [0.717, 1.165) is 31.4 Å². The van der Waals surface area contributed by atoms with Crippen LogP contribution in [-0.4, -0.2) is 44.7 Å². The molecule has 1 saturated heterocycles. The van der Waals surface area contributed by atoms with Gasteiger partial charge in [0.15, 0.2) is 5.82 Å². The Bertz CT molecular complexity index is 315. The standard InChI is InChI=1S/C10H20N6/c1-9-2-5-15(6-3-9)8-10-12-13-14-16(10)7-4-11/h9H,2-8,11H2,1H3. The lowest BCUT2D eigenvalue weighted by Crippen LogP contribution is -2.33. The van der Waals surface area contributed by atoms with Crippen molar-refractivity contribution in [3.63, 3.8) is 0 Å². The molecule has 1 aliphatic rings. The number of piperidine rings is 1. The first-order valence-corrected chi connectivity index (χ1v) is 5.97. The van der Waals surface area contributed by atoms with Crippen LogP contribution in [0.15, 0.2) is 0 Å². The van der Waals surface area contributed by atoms with Gasteiger partial charge in [-0.15, -0.1) is 5.10 Å². The van der Waals surface area contributed by atoms with Crippen molar-refractivity contribution in [2.24, 2.45) is 11.7 Å². The summed E-state index contributed by atoms with van der Waals surface area (Å²) < 4.78 is 1.80. The molecule has 0 radical (unpaired) electrons. The van der Waals surface area contributed by atoms with Crippen molar-refractivity contribution >= 4 is 0 Å². The van der Waals surface area contributed by atoms with Crippen molar-refractivity contribution in [2.45, 2.75) is 32.9 Å². The van der Waals surface area contributed by atoms with Crippen molar-refractivity contribution in [3.8, 4) is 0 Å². The van der Waals surface area contributed by atoms with Gasteiger partial charge in [0, 0.05) is 6.54 Å². The molecule has 1 aromatic heterocycles. The number of nitrogens with two attached hydrogens (primary N) is 1. The number of likely N-dealkylation sites (tertiary alicyclic amines) is 1. The Hall–Kier alpha value is -1.01. The highest BCUT2D eigenvalue weighted by molar-refractivity contribution is 4.83. The summed E-state index contributed by atoms with van der Waals surface area (Å²) >= 11 is 0. The molecule has 0 bridgehead atoms. The van der Waals surface area contributed by atoms with E-state index in [4.69, 9.17) is 5.73 Å². The summed E-state index contributed by atoms with van der Waals surface area (Å²) in [4.78, 5) is 2.42. The molecule has 0 aromatic carbocycles. The zero-order valence-electron chi connectivity index (χ0n) is 9.84. The van der Waals surface area contributed by atoms with Gasteiger partial charge in [-0.25, -0.2) is 4.68 Å². The van der Waals surface area contributed by atoms with Gasteiger partial charge < -0.3 is 5.73 Å². The summed E-state index contributed by atoms with van der Waals surface area (Å²) in [6.07, 6.45) is 2.55. The first kappa shape index (κ1) is 11.5. The van der Waals surface area contributed by atoms with Crippen molar-refractivity contribution < 1.29 is 0 Å². The molecule has 2 heterocycles. The van der Waals surface area contributed by atoms with Gasteiger partial charge in [-0.1, -0.05) is 6.92 Å². The highest BCUT2D eigenvalue weighted by Crippen LogP contribution is 2.17. The molecule has 1 aliphatic heterocycles. The maximum absolute atomic E-state index is 5.51. The van der Waals surface area contributed by atoms with Gasteiger partial charge in [0.05, 0.1) is 13.1 Å². The molecule has 2 N–H and O–H groups in total. The Morgan fingerprint density at radius 3 is 2.81 bits per heavy atom. The molecule has 0 spiro atoms. The summed E-state index contributed by atoms with van der Waals surface area (Å²) in [7, 11) is 0. The molecule has 6 nitrogen and oxygen atoms in total. The second-order valence-corrected chi connectivity index (χ2v) is 4.57. The monoisotopic (exact) mass is 224 g/mol. The maximum atomic E-state index is 5.51. The smallest absolute Gasteiger partial charge is 0.165 e. The zero-order valence-corrected chi connectivity index (χ0v) is 9.84. The summed E-state index contributed by atoms with van der Waals surface area (Å²) in [5, 5.41) is 11.7. The van der Waals surface area contributed by atoms with Gasteiger partial charge in [-0.2, -0.15) is 0 Å². The minimum atomic E-state index is 0.578. The normalized spacial score (nSPS) is 19.1. The Morgan fingerprint density at radius 2 is 2.12 bits per heavy atom. The van der Waals surface area contributed by atoms with Crippen LogP contribution < -0.4 is 5.73 Å². The topological polar surface area (TPSA) is 72.9 Å². The van der Waals surface area contributed by atoms with Crippen LogP contribution in [0.5, 0.6) is 0 Å². The third-order valence-electron chi connectivity index (χ3n) is 3.19. The predicted octanol–water partition coefficient (Wildman–Crippen LogP) is -0.136. The first-order valence-electron chi connectivity index (χ1n) is 5.97. The van der Waals surface area contributed by atoms with Crippen LogP contribution in [0.2, 0.25) is 0 Å².